The van der Waals surface area contributed by atoms with Crippen molar-refractivity contribution in [2.75, 3.05) is 0 Å². The largest absolute Gasteiger partial charge is 0.412 e. The molecule has 2 nitrogen and oxygen atoms in total. The summed E-state index contributed by atoms with van der Waals surface area (Å²) in [5.74, 6) is 0. The van der Waals surface area contributed by atoms with Gasteiger partial charge in [0.1, 0.15) is 6.29 Å². The van der Waals surface area contributed by atoms with Gasteiger partial charge in [-0.3, -0.25) is 4.79 Å². The van der Waals surface area contributed by atoms with E-state index < -0.39 is 0 Å². The van der Waals surface area contributed by atoms with Gasteiger partial charge in [-0.15, -0.1) is 0 Å². The lowest BCUT2D eigenvalue weighted by molar-refractivity contribution is -0.104. The van der Waals surface area contributed by atoms with Crippen molar-refractivity contribution in [2.45, 2.75) is 13.3 Å². The highest BCUT2D eigenvalue weighted by Gasteiger charge is 1.58. The summed E-state index contributed by atoms with van der Waals surface area (Å²) in [6.45, 7) is 1.99. The average molecular weight is 102 g/mol. The van der Waals surface area contributed by atoms with E-state index in [9.17, 15) is 4.79 Å². The van der Waals surface area contributed by atoms with Crippen LogP contribution in [-0.4, -0.2) is 11.8 Å². The third kappa shape index (κ3) is 10.9. The molecule has 0 radical (unpaired) electrons. The molecular weight excluding hydrogens is 92.1 g/mol. The number of carbonyl (C=O) groups excluding carboxylic acids is 1. The molecule has 0 rings (SSSR count). The molecule has 2 N–H and O–H groups in total. The van der Waals surface area contributed by atoms with E-state index in [1.54, 1.807) is 0 Å². The zero-order chi connectivity index (χ0) is 4.83. The highest BCUT2D eigenvalue weighted by molar-refractivity contribution is 5.64. The van der Waals surface area contributed by atoms with Crippen molar-refractivity contribution in [2.24, 2.45) is 0 Å². The van der Waals surface area contributed by atoms with Crippen molar-refractivity contribution in [3.8, 4) is 0 Å². The van der Waals surface area contributed by atoms with Gasteiger partial charge in [0.05, 0.1) is 0 Å². The zero-order valence-corrected chi connectivity index (χ0v) is 4.35. The number of allylic oxidation sites excluding steroid dienone is 2. The summed E-state index contributed by atoms with van der Waals surface area (Å²) in [6.07, 6.45) is 5.04. The van der Waals surface area contributed by atoms with Gasteiger partial charge < -0.3 is 5.48 Å². The molecule has 0 saturated heterocycles. The minimum atomic E-state index is 0. The molecule has 0 amide bonds. The Morgan fingerprint density at radius 1 is 1.57 bits per heavy atom. The predicted molar refractivity (Wildman–Crippen MR) is 29.1 cm³/mol. The van der Waals surface area contributed by atoms with E-state index >= 15 is 0 Å². The molecule has 0 aliphatic rings. The highest BCUT2D eigenvalue weighted by Crippen LogP contribution is 1.72. The third-order valence-electron chi connectivity index (χ3n) is 0.450. The summed E-state index contributed by atoms with van der Waals surface area (Å²) >= 11 is 0. The van der Waals surface area contributed by atoms with Crippen LogP contribution in [0, 0.1) is 0 Å². The second kappa shape index (κ2) is 9.03. The Morgan fingerprint density at radius 3 is 2.29 bits per heavy atom. The number of hydrogen-bond donors (Lipinski definition) is 0. The van der Waals surface area contributed by atoms with Crippen molar-refractivity contribution in [3.05, 3.63) is 12.2 Å². The lowest BCUT2D eigenvalue weighted by Crippen LogP contribution is -1.55. The number of carbonyl (C=O) groups is 1. The Bertz CT molecular complexity index is 57.1. The van der Waals surface area contributed by atoms with E-state index in [-0.39, 0.29) is 5.48 Å². The maximum Gasteiger partial charge on any atom is 0.142 e. The van der Waals surface area contributed by atoms with Gasteiger partial charge in [0.2, 0.25) is 0 Å². The molecule has 42 valence electrons. The van der Waals surface area contributed by atoms with Crippen LogP contribution < -0.4 is 0 Å². The van der Waals surface area contributed by atoms with E-state index in [4.69, 9.17) is 0 Å². The number of rotatable bonds is 2. The summed E-state index contributed by atoms with van der Waals surface area (Å²) in [5.41, 5.74) is 0. The summed E-state index contributed by atoms with van der Waals surface area (Å²) < 4.78 is 0. The molecule has 0 atom stereocenters. The second-order valence-corrected chi connectivity index (χ2v) is 0.972. The average Bonchev–Trinajstić information content (AvgIpc) is 1.61. The van der Waals surface area contributed by atoms with Crippen LogP contribution in [-0.2, 0) is 4.79 Å². The molecular formula is C5H10O2. The maximum atomic E-state index is 9.48. The fourth-order valence-electron chi connectivity index (χ4n) is 0.192. The number of hydrogen-bond acceptors (Lipinski definition) is 1. The predicted octanol–water partition coefficient (Wildman–Crippen LogP) is 0.327. The first kappa shape index (κ1) is 9.62. The summed E-state index contributed by atoms with van der Waals surface area (Å²) in [7, 11) is 0. The Labute approximate surface area is 43.2 Å². The molecule has 0 aliphatic carbocycles. The smallest absolute Gasteiger partial charge is 0.142 e. The fourth-order valence-corrected chi connectivity index (χ4v) is 0.192. The molecule has 0 aromatic heterocycles. The van der Waals surface area contributed by atoms with Crippen LogP contribution in [0.25, 0.3) is 0 Å². The fraction of sp³-hybridized carbons (Fsp3) is 0.400. The summed E-state index contributed by atoms with van der Waals surface area (Å²) in [6, 6.07) is 0. The summed E-state index contributed by atoms with van der Waals surface area (Å²) in [4.78, 5) is 9.48. The quantitative estimate of drug-likeness (QED) is 0.366. The first-order valence-corrected chi connectivity index (χ1v) is 2.02. The highest BCUT2D eigenvalue weighted by atomic mass is 16.1. The molecule has 0 unspecified atom stereocenters. The molecule has 0 bridgehead atoms. The molecule has 0 spiro atoms. The van der Waals surface area contributed by atoms with E-state index in [2.05, 4.69) is 0 Å². The van der Waals surface area contributed by atoms with Gasteiger partial charge in [0.15, 0.2) is 0 Å². The molecule has 0 aromatic carbocycles. The van der Waals surface area contributed by atoms with Crippen LogP contribution in [0.3, 0.4) is 0 Å². The van der Waals surface area contributed by atoms with E-state index in [0.717, 1.165) is 12.7 Å². The van der Waals surface area contributed by atoms with Crippen molar-refractivity contribution in [1.29, 1.82) is 0 Å². The van der Waals surface area contributed by atoms with E-state index in [1.807, 2.05) is 13.0 Å². The van der Waals surface area contributed by atoms with E-state index in [1.165, 1.54) is 6.08 Å². The molecule has 0 aromatic rings. The van der Waals surface area contributed by atoms with Crippen LogP contribution in [0.4, 0.5) is 0 Å². The lowest BCUT2D eigenvalue weighted by Gasteiger charge is -1.65. The zero-order valence-electron chi connectivity index (χ0n) is 4.35. The molecule has 0 aliphatic heterocycles. The van der Waals surface area contributed by atoms with Gasteiger partial charge in [0, 0.05) is 0 Å². The maximum absolute atomic E-state index is 9.48. The van der Waals surface area contributed by atoms with Crippen LogP contribution in [0.15, 0.2) is 12.2 Å². The third-order valence-corrected chi connectivity index (χ3v) is 0.450. The van der Waals surface area contributed by atoms with Crippen molar-refractivity contribution < 1.29 is 10.3 Å². The molecule has 0 fully saturated rings. The van der Waals surface area contributed by atoms with E-state index in [0.29, 0.717) is 0 Å². The van der Waals surface area contributed by atoms with Crippen LogP contribution >= 0.6 is 0 Å². The van der Waals surface area contributed by atoms with Gasteiger partial charge in [-0.2, -0.15) is 0 Å². The van der Waals surface area contributed by atoms with Gasteiger partial charge in [-0.05, 0) is 12.5 Å². The Kier molecular flexibility index (Phi) is 12.4. The Balaban J connectivity index is 0. The van der Waals surface area contributed by atoms with Crippen molar-refractivity contribution in [1.82, 2.24) is 0 Å². The van der Waals surface area contributed by atoms with Gasteiger partial charge in [-0.1, -0.05) is 13.0 Å². The van der Waals surface area contributed by atoms with Crippen LogP contribution in [0.2, 0.25) is 0 Å². The van der Waals surface area contributed by atoms with Crippen molar-refractivity contribution >= 4 is 6.29 Å². The Morgan fingerprint density at radius 2 is 2.14 bits per heavy atom. The Hall–Kier alpha value is -0.630. The first-order valence-electron chi connectivity index (χ1n) is 2.02. The SMILES string of the molecule is CCC=CC=O.O. The number of aldehydes is 1. The lowest BCUT2D eigenvalue weighted by atomic mass is 10.4. The molecule has 2 heteroatoms. The van der Waals surface area contributed by atoms with Crippen LogP contribution in [0.1, 0.15) is 13.3 Å². The molecule has 0 heterocycles. The normalized spacial score (nSPS) is 8.14. The van der Waals surface area contributed by atoms with Gasteiger partial charge >= 0.3 is 0 Å². The van der Waals surface area contributed by atoms with Crippen LogP contribution in [0.5, 0.6) is 0 Å². The van der Waals surface area contributed by atoms with Gasteiger partial charge in [-0.25, -0.2) is 0 Å². The minimum Gasteiger partial charge on any atom is -0.412 e. The standard InChI is InChI=1S/C5H8O.H2O/c1-2-3-4-5-6;/h3-5H,2H2,1H3;1H2. The molecule has 0 saturated carbocycles. The topological polar surface area (TPSA) is 48.6 Å². The first-order chi connectivity index (χ1) is 2.91. The summed E-state index contributed by atoms with van der Waals surface area (Å²) in [5, 5.41) is 0. The van der Waals surface area contributed by atoms with Crippen molar-refractivity contribution in [3.63, 3.8) is 0 Å². The monoisotopic (exact) mass is 102 g/mol. The van der Waals surface area contributed by atoms with Gasteiger partial charge in [0.25, 0.3) is 0 Å². The molecule has 7 heavy (non-hydrogen) atoms. The minimum absolute atomic E-state index is 0. The second-order valence-electron chi connectivity index (χ2n) is 0.972.